The van der Waals surface area contributed by atoms with Crippen molar-refractivity contribution in [2.45, 2.75) is 12.6 Å². The molecule has 8 heteroatoms. The van der Waals surface area contributed by atoms with Crippen molar-refractivity contribution in [3.05, 3.63) is 81.1 Å². The lowest BCUT2D eigenvalue weighted by molar-refractivity contribution is 0.213. The minimum atomic E-state index is 0.114. The Kier molecular flexibility index (Phi) is 6.50. The molecule has 1 fully saturated rings. The summed E-state index contributed by atoms with van der Waals surface area (Å²) in [5.41, 5.74) is 2.67. The molecule has 0 saturated carbocycles. The third-order valence-electron chi connectivity index (χ3n) is 5.35. The van der Waals surface area contributed by atoms with Crippen LogP contribution in [0.3, 0.4) is 0 Å². The van der Waals surface area contributed by atoms with Crippen LogP contribution in [0.25, 0.3) is 0 Å². The molecule has 5 nitrogen and oxygen atoms in total. The van der Waals surface area contributed by atoms with Crippen LogP contribution in [0.2, 0.25) is 15.1 Å². The van der Waals surface area contributed by atoms with Crippen LogP contribution in [0.1, 0.15) is 17.2 Å². The summed E-state index contributed by atoms with van der Waals surface area (Å²) in [4.78, 5) is 4.73. The van der Waals surface area contributed by atoms with Crippen molar-refractivity contribution in [3.8, 4) is 6.07 Å². The highest BCUT2D eigenvalue weighted by Gasteiger charge is 2.29. The van der Waals surface area contributed by atoms with E-state index in [4.69, 9.17) is 40.1 Å². The first-order valence-electron chi connectivity index (χ1n) is 9.65. The molecule has 2 heterocycles. The molecule has 1 aliphatic heterocycles. The largest absolute Gasteiger partial charge is 0.361 e. The van der Waals surface area contributed by atoms with Crippen LogP contribution < -0.4 is 4.90 Å². The smallest absolute Gasteiger partial charge is 0.0992 e. The normalized spacial score (nSPS) is 17.1. The fraction of sp³-hybridized carbons (Fsp3) is 0.273. The number of hydrogen-bond acceptors (Lipinski definition) is 4. The summed E-state index contributed by atoms with van der Waals surface area (Å²) in [7, 11) is 0. The number of halogens is 3. The monoisotopic (exact) mass is 459 g/mol. The molecule has 0 aliphatic carbocycles. The molecule has 1 aromatic heterocycles. The van der Waals surface area contributed by atoms with Gasteiger partial charge in [0.25, 0.3) is 0 Å². The first-order chi connectivity index (χ1) is 14.5. The zero-order valence-electron chi connectivity index (χ0n) is 16.2. The molecular formula is C22H20Cl3N5. The van der Waals surface area contributed by atoms with E-state index in [2.05, 4.69) is 33.1 Å². The molecule has 0 radical (unpaired) electrons. The van der Waals surface area contributed by atoms with Gasteiger partial charge in [0.2, 0.25) is 0 Å². The van der Waals surface area contributed by atoms with Gasteiger partial charge in [0, 0.05) is 37.4 Å². The van der Waals surface area contributed by atoms with Gasteiger partial charge in [-0.2, -0.15) is 10.4 Å². The Hall–Kier alpha value is -2.23. The minimum absolute atomic E-state index is 0.114. The number of nitriles is 1. The molecule has 4 rings (SSSR count). The van der Waals surface area contributed by atoms with Crippen molar-refractivity contribution in [1.82, 2.24) is 14.7 Å². The zero-order chi connectivity index (χ0) is 21.1. The van der Waals surface area contributed by atoms with E-state index in [1.54, 1.807) is 12.3 Å². The summed E-state index contributed by atoms with van der Waals surface area (Å²) < 4.78 is 1.86. The Labute approximate surface area is 191 Å². The second-order valence-corrected chi connectivity index (χ2v) is 8.54. The van der Waals surface area contributed by atoms with Crippen molar-refractivity contribution in [2.75, 3.05) is 31.1 Å². The molecule has 0 unspecified atom stereocenters. The summed E-state index contributed by atoms with van der Waals surface area (Å²) in [6.07, 6.45) is 3.49. The van der Waals surface area contributed by atoms with E-state index in [0.29, 0.717) is 20.6 Å². The molecule has 1 saturated heterocycles. The van der Waals surface area contributed by atoms with Crippen LogP contribution >= 0.6 is 34.8 Å². The molecule has 154 valence electrons. The lowest BCUT2D eigenvalue weighted by Crippen LogP contribution is -2.49. The molecule has 0 amide bonds. The van der Waals surface area contributed by atoms with Crippen LogP contribution in [0, 0.1) is 11.3 Å². The Morgan fingerprint density at radius 1 is 1.00 bits per heavy atom. The lowest BCUT2D eigenvalue weighted by Gasteiger charge is -2.43. The minimum Gasteiger partial charge on any atom is -0.361 e. The van der Waals surface area contributed by atoms with Gasteiger partial charge in [-0.3, -0.25) is 9.58 Å². The molecule has 0 bridgehead atoms. The number of hydrogen-bond donors (Lipinski definition) is 0. The predicted octanol–water partition coefficient (Wildman–Crippen LogP) is 5.28. The summed E-state index contributed by atoms with van der Waals surface area (Å²) in [5.74, 6) is 0. The standard InChI is InChI=1S/C22H20Cl3N5/c23-18-4-2-17(3-5-18)22-15-28(7-9-29-14-19(24)13-27-29)8-10-30(22)21-6-1-16(12-26)11-20(21)25/h1-6,11,13-14,22H,7-10,15H2/t22-/m0/s1. The van der Waals surface area contributed by atoms with Crippen LogP contribution in [-0.4, -0.2) is 40.9 Å². The lowest BCUT2D eigenvalue weighted by atomic mass is 10.0. The quantitative estimate of drug-likeness (QED) is 0.520. The van der Waals surface area contributed by atoms with Gasteiger partial charge in [-0.05, 0) is 35.9 Å². The molecule has 3 aromatic rings. The molecule has 1 atom stereocenters. The molecule has 0 spiro atoms. The third-order valence-corrected chi connectivity index (χ3v) is 6.10. The SMILES string of the molecule is N#Cc1ccc(N2CCN(CCn3cc(Cl)cn3)C[C@H]2c2ccc(Cl)cc2)c(Cl)c1. The van der Waals surface area contributed by atoms with E-state index < -0.39 is 0 Å². The Balaban J connectivity index is 1.57. The van der Waals surface area contributed by atoms with Crippen molar-refractivity contribution < 1.29 is 0 Å². The summed E-state index contributed by atoms with van der Waals surface area (Å²) in [6, 6.07) is 15.7. The van der Waals surface area contributed by atoms with E-state index in [0.717, 1.165) is 38.4 Å². The Morgan fingerprint density at radius 2 is 1.80 bits per heavy atom. The van der Waals surface area contributed by atoms with Gasteiger partial charge in [0.05, 0.1) is 46.1 Å². The number of anilines is 1. The molecule has 1 aliphatic rings. The second kappa shape index (κ2) is 9.28. The van der Waals surface area contributed by atoms with Crippen molar-refractivity contribution >= 4 is 40.5 Å². The maximum absolute atomic E-state index is 9.15. The number of aromatic nitrogens is 2. The Bertz CT molecular complexity index is 1060. The molecule has 30 heavy (non-hydrogen) atoms. The molecule has 2 aromatic carbocycles. The fourth-order valence-electron chi connectivity index (χ4n) is 3.82. The summed E-state index contributed by atoms with van der Waals surface area (Å²) in [5, 5.41) is 15.4. The number of benzene rings is 2. The fourth-order valence-corrected chi connectivity index (χ4v) is 4.39. The third kappa shape index (κ3) is 4.74. The van der Waals surface area contributed by atoms with E-state index in [1.165, 1.54) is 5.56 Å². The van der Waals surface area contributed by atoms with Crippen molar-refractivity contribution in [1.29, 1.82) is 5.26 Å². The summed E-state index contributed by atoms with van der Waals surface area (Å²) >= 11 is 18.6. The van der Waals surface area contributed by atoms with Crippen LogP contribution in [0.4, 0.5) is 5.69 Å². The van der Waals surface area contributed by atoms with E-state index in [1.807, 2.05) is 35.1 Å². The highest BCUT2D eigenvalue weighted by Crippen LogP contribution is 2.36. The van der Waals surface area contributed by atoms with Gasteiger partial charge < -0.3 is 4.90 Å². The number of rotatable bonds is 5. The molecular weight excluding hydrogens is 441 g/mol. The van der Waals surface area contributed by atoms with Crippen LogP contribution in [0.5, 0.6) is 0 Å². The zero-order valence-corrected chi connectivity index (χ0v) is 18.4. The highest BCUT2D eigenvalue weighted by atomic mass is 35.5. The average molecular weight is 461 g/mol. The van der Waals surface area contributed by atoms with Gasteiger partial charge in [-0.25, -0.2) is 0 Å². The molecule has 0 N–H and O–H groups in total. The van der Waals surface area contributed by atoms with Gasteiger partial charge in [-0.15, -0.1) is 0 Å². The first-order valence-corrected chi connectivity index (χ1v) is 10.8. The van der Waals surface area contributed by atoms with Crippen LogP contribution in [0.15, 0.2) is 54.9 Å². The first kappa shape index (κ1) is 21.0. The van der Waals surface area contributed by atoms with Crippen molar-refractivity contribution in [2.24, 2.45) is 0 Å². The average Bonchev–Trinajstić information content (AvgIpc) is 3.18. The van der Waals surface area contributed by atoms with Gasteiger partial charge in [0.15, 0.2) is 0 Å². The maximum atomic E-state index is 9.15. The van der Waals surface area contributed by atoms with E-state index in [-0.39, 0.29) is 6.04 Å². The van der Waals surface area contributed by atoms with Crippen LogP contribution in [-0.2, 0) is 6.54 Å². The topological polar surface area (TPSA) is 48.1 Å². The predicted molar refractivity (Wildman–Crippen MR) is 121 cm³/mol. The van der Waals surface area contributed by atoms with E-state index in [9.17, 15) is 0 Å². The Morgan fingerprint density at radius 3 is 2.47 bits per heavy atom. The highest BCUT2D eigenvalue weighted by molar-refractivity contribution is 6.33. The van der Waals surface area contributed by atoms with Gasteiger partial charge in [0.1, 0.15) is 0 Å². The van der Waals surface area contributed by atoms with E-state index >= 15 is 0 Å². The van der Waals surface area contributed by atoms with Crippen molar-refractivity contribution in [3.63, 3.8) is 0 Å². The summed E-state index contributed by atoms with van der Waals surface area (Å²) in [6.45, 7) is 4.20. The van der Waals surface area contributed by atoms with Gasteiger partial charge >= 0.3 is 0 Å². The maximum Gasteiger partial charge on any atom is 0.0992 e. The van der Waals surface area contributed by atoms with Gasteiger partial charge in [-0.1, -0.05) is 46.9 Å². The number of nitrogens with zero attached hydrogens (tertiary/aromatic N) is 5. The second-order valence-electron chi connectivity index (χ2n) is 7.26. The number of piperazine rings is 1.